The zero-order valence-corrected chi connectivity index (χ0v) is 10.7. The summed E-state index contributed by atoms with van der Waals surface area (Å²) < 4.78 is 1.06. The summed E-state index contributed by atoms with van der Waals surface area (Å²) >= 11 is 3.43. The number of amidine groups is 1. The van der Waals surface area contributed by atoms with E-state index in [1.165, 1.54) is 5.56 Å². The van der Waals surface area contributed by atoms with Gasteiger partial charge >= 0.3 is 0 Å². The molecule has 1 rings (SSSR count). The van der Waals surface area contributed by atoms with E-state index in [-0.39, 0.29) is 11.9 Å². The molecule has 0 radical (unpaired) electrons. The first-order valence-corrected chi connectivity index (χ1v) is 5.88. The van der Waals surface area contributed by atoms with Crippen molar-refractivity contribution >= 4 is 21.8 Å². The van der Waals surface area contributed by atoms with E-state index < -0.39 is 0 Å². The zero-order valence-electron chi connectivity index (χ0n) is 9.15. The minimum Gasteiger partial charge on any atom is -0.409 e. The van der Waals surface area contributed by atoms with Crippen molar-refractivity contribution in [2.75, 3.05) is 6.54 Å². The van der Waals surface area contributed by atoms with Crippen LogP contribution < -0.4 is 11.1 Å². The van der Waals surface area contributed by atoms with Crippen LogP contribution in [0.15, 0.2) is 33.9 Å². The molecule has 0 fully saturated rings. The molecule has 0 saturated heterocycles. The molecule has 4 N–H and O–H groups in total. The molecule has 1 aromatic rings. The van der Waals surface area contributed by atoms with E-state index in [9.17, 15) is 0 Å². The Morgan fingerprint density at radius 3 is 3.00 bits per heavy atom. The fourth-order valence-corrected chi connectivity index (χ4v) is 1.78. The normalized spacial score (nSPS) is 13.8. The van der Waals surface area contributed by atoms with Crippen LogP contribution in [0.2, 0.25) is 0 Å². The van der Waals surface area contributed by atoms with Crippen molar-refractivity contribution in [1.82, 2.24) is 5.32 Å². The summed E-state index contributed by atoms with van der Waals surface area (Å²) in [6, 6.07) is 8.37. The Hall–Kier alpha value is -1.07. The summed E-state index contributed by atoms with van der Waals surface area (Å²) in [5.41, 5.74) is 6.58. The van der Waals surface area contributed by atoms with Crippen molar-refractivity contribution < 1.29 is 5.21 Å². The number of nitrogens with two attached hydrogens (primary N) is 1. The monoisotopic (exact) mass is 285 g/mol. The van der Waals surface area contributed by atoms with Gasteiger partial charge in [-0.25, -0.2) is 0 Å². The molecule has 0 spiro atoms. The molecule has 0 aromatic heterocycles. The lowest BCUT2D eigenvalue weighted by molar-refractivity contribution is 0.316. The summed E-state index contributed by atoms with van der Waals surface area (Å²) in [5.74, 6) is 0.244. The molecule has 0 saturated carbocycles. The van der Waals surface area contributed by atoms with Gasteiger partial charge in [0.25, 0.3) is 0 Å². The minimum atomic E-state index is 0.240. The number of nitrogens with one attached hydrogen (secondary N) is 1. The van der Waals surface area contributed by atoms with E-state index in [1.807, 2.05) is 12.1 Å². The van der Waals surface area contributed by atoms with Crippen LogP contribution in [-0.2, 0) is 0 Å². The second-order valence-corrected chi connectivity index (χ2v) is 4.49. The van der Waals surface area contributed by atoms with Crippen LogP contribution in [0.1, 0.15) is 24.9 Å². The first kappa shape index (κ1) is 13.0. The number of oxime groups is 1. The first-order chi connectivity index (χ1) is 7.63. The summed E-state index contributed by atoms with van der Waals surface area (Å²) in [6.07, 6.45) is 0.537. The highest BCUT2D eigenvalue weighted by molar-refractivity contribution is 9.10. The lowest BCUT2D eigenvalue weighted by Crippen LogP contribution is -2.24. The van der Waals surface area contributed by atoms with Crippen LogP contribution >= 0.6 is 15.9 Å². The average molecular weight is 286 g/mol. The number of rotatable bonds is 5. The van der Waals surface area contributed by atoms with Crippen LogP contribution in [0.3, 0.4) is 0 Å². The second-order valence-electron chi connectivity index (χ2n) is 3.57. The van der Waals surface area contributed by atoms with Gasteiger partial charge in [0, 0.05) is 23.5 Å². The van der Waals surface area contributed by atoms with E-state index in [1.54, 1.807) is 0 Å². The maximum Gasteiger partial charge on any atom is 0.140 e. The fraction of sp³-hybridized carbons (Fsp3) is 0.364. The van der Waals surface area contributed by atoms with E-state index >= 15 is 0 Å². The molecule has 5 heteroatoms. The van der Waals surface area contributed by atoms with Gasteiger partial charge in [0.1, 0.15) is 5.84 Å². The van der Waals surface area contributed by atoms with Crippen LogP contribution in [-0.4, -0.2) is 17.6 Å². The minimum absolute atomic E-state index is 0.240. The van der Waals surface area contributed by atoms with Crippen molar-refractivity contribution in [2.24, 2.45) is 10.9 Å². The predicted molar refractivity (Wildman–Crippen MR) is 68.6 cm³/mol. The number of benzene rings is 1. The molecule has 88 valence electrons. The van der Waals surface area contributed by atoms with Gasteiger partial charge in [-0.15, -0.1) is 0 Å². The third-order valence-electron chi connectivity index (χ3n) is 2.31. The van der Waals surface area contributed by atoms with Gasteiger partial charge in [-0.1, -0.05) is 33.2 Å². The van der Waals surface area contributed by atoms with Gasteiger partial charge in [0.15, 0.2) is 0 Å². The smallest absolute Gasteiger partial charge is 0.140 e. The van der Waals surface area contributed by atoms with Crippen molar-refractivity contribution in [1.29, 1.82) is 0 Å². The number of hydrogen-bond donors (Lipinski definition) is 3. The molecule has 1 aromatic carbocycles. The second kappa shape index (κ2) is 6.50. The summed E-state index contributed by atoms with van der Waals surface area (Å²) in [5, 5.41) is 14.6. The highest BCUT2D eigenvalue weighted by Crippen LogP contribution is 2.17. The molecule has 4 nitrogen and oxygen atoms in total. The molecule has 0 unspecified atom stereocenters. The molecule has 0 heterocycles. The molecule has 0 aliphatic heterocycles. The Kier molecular flexibility index (Phi) is 5.28. The van der Waals surface area contributed by atoms with Crippen molar-refractivity contribution in [2.45, 2.75) is 19.4 Å². The molecule has 1 atom stereocenters. The third kappa shape index (κ3) is 4.20. The quantitative estimate of drug-likeness (QED) is 0.336. The van der Waals surface area contributed by atoms with Gasteiger partial charge < -0.3 is 16.3 Å². The molecule has 16 heavy (non-hydrogen) atoms. The predicted octanol–water partition coefficient (Wildman–Crippen LogP) is 2.24. The van der Waals surface area contributed by atoms with E-state index in [0.717, 1.165) is 4.47 Å². The average Bonchev–Trinajstić information content (AvgIpc) is 2.28. The first-order valence-electron chi connectivity index (χ1n) is 5.08. The van der Waals surface area contributed by atoms with Crippen LogP contribution in [0.25, 0.3) is 0 Å². The van der Waals surface area contributed by atoms with Crippen molar-refractivity contribution in [3.63, 3.8) is 0 Å². The summed E-state index contributed by atoms with van der Waals surface area (Å²) in [6.45, 7) is 2.76. The molecular formula is C11H16BrN3O. The lowest BCUT2D eigenvalue weighted by atomic mass is 10.1. The topological polar surface area (TPSA) is 70.6 Å². The molecular weight excluding hydrogens is 270 g/mol. The highest BCUT2D eigenvalue weighted by Gasteiger charge is 2.04. The SMILES string of the molecule is C[C@H](NCC/C(N)=N/O)c1cccc(Br)c1. The number of halogens is 1. The standard InChI is InChI=1S/C11H16BrN3O/c1-8(14-6-5-11(13)15-16)9-3-2-4-10(12)7-9/h2-4,7-8,14,16H,5-6H2,1H3,(H2,13,15)/t8-/m0/s1. The van der Waals surface area contributed by atoms with Gasteiger partial charge in [0.05, 0.1) is 0 Å². The maximum atomic E-state index is 8.38. The zero-order chi connectivity index (χ0) is 12.0. The van der Waals surface area contributed by atoms with E-state index in [4.69, 9.17) is 10.9 Å². The van der Waals surface area contributed by atoms with Gasteiger partial charge in [-0.05, 0) is 24.6 Å². The van der Waals surface area contributed by atoms with Crippen LogP contribution in [0.4, 0.5) is 0 Å². The fourth-order valence-electron chi connectivity index (χ4n) is 1.36. The van der Waals surface area contributed by atoms with Crippen LogP contribution in [0, 0.1) is 0 Å². The van der Waals surface area contributed by atoms with Crippen LogP contribution in [0.5, 0.6) is 0 Å². The Morgan fingerprint density at radius 2 is 2.38 bits per heavy atom. The van der Waals surface area contributed by atoms with Crippen molar-refractivity contribution in [3.8, 4) is 0 Å². The number of nitrogens with zero attached hydrogens (tertiary/aromatic N) is 1. The molecule has 0 aliphatic carbocycles. The number of hydrogen-bond acceptors (Lipinski definition) is 3. The Labute approximate surface area is 104 Å². The highest BCUT2D eigenvalue weighted by atomic mass is 79.9. The Balaban J connectivity index is 2.44. The molecule has 0 bridgehead atoms. The summed E-state index contributed by atoms with van der Waals surface area (Å²) in [4.78, 5) is 0. The third-order valence-corrected chi connectivity index (χ3v) is 2.80. The van der Waals surface area contributed by atoms with Crippen molar-refractivity contribution in [3.05, 3.63) is 34.3 Å². The van der Waals surface area contributed by atoms with Gasteiger partial charge in [0.2, 0.25) is 0 Å². The van der Waals surface area contributed by atoms with E-state index in [0.29, 0.717) is 13.0 Å². The summed E-state index contributed by atoms with van der Waals surface area (Å²) in [7, 11) is 0. The molecule has 0 aliphatic rings. The van der Waals surface area contributed by atoms with Gasteiger partial charge in [-0.3, -0.25) is 0 Å². The maximum absolute atomic E-state index is 8.38. The van der Waals surface area contributed by atoms with E-state index in [2.05, 4.69) is 45.5 Å². The largest absolute Gasteiger partial charge is 0.409 e. The molecule has 0 amide bonds. The Bertz CT molecular complexity index is 368. The lowest BCUT2D eigenvalue weighted by Gasteiger charge is -2.14. The Morgan fingerprint density at radius 1 is 1.62 bits per heavy atom. The van der Waals surface area contributed by atoms with Gasteiger partial charge in [-0.2, -0.15) is 0 Å².